The van der Waals surface area contributed by atoms with E-state index in [-0.39, 0.29) is 5.97 Å². The predicted octanol–water partition coefficient (Wildman–Crippen LogP) is 3.84. The van der Waals surface area contributed by atoms with Crippen LogP contribution in [0.3, 0.4) is 0 Å². The molecule has 1 unspecified atom stereocenters. The summed E-state index contributed by atoms with van der Waals surface area (Å²) in [4.78, 5) is 17.5. The van der Waals surface area contributed by atoms with Gasteiger partial charge in [-0.05, 0) is 6.07 Å². The van der Waals surface area contributed by atoms with Gasteiger partial charge in [-0.3, -0.25) is 4.67 Å². The molecule has 0 aliphatic carbocycles. The van der Waals surface area contributed by atoms with Gasteiger partial charge in [0.2, 0.25) is 0 Å². The van der Waals surface area contributed by atoms with E-state index in [0.717, 1.165) is 34.8 Å². The van der Waals surface area contributed by atoms with Crippen LogP contribution in [0.25, 0.3) is 0 Å². The number of rotatable bonds is 5. The molecule has 26 heavy (non-hydrogen) atoms. The van der Waals surface area contributed by atoms with Crippen LogP contribution in [0.4, 0.5) is 5.00 Å². The minimum Gasteiger partial charge on any atom is -0.465 e. The standard InChI is InChI=1S/C18H22N3O2PS2/c1-5-21(6-2)24(25)14-12-15(18(22)23-4)26-17(14)19-16(20(24)3)13-10-8-7-9-11-13/h7-12H,5-6H2,1-4H3. The number of esters is 1. The second-order valence-corrected chi connectivity index (χ2v) is 11.1. The number of hydrogen-bond donors (Lipinski definition) is 0. The molecule has 1 aliphatic heterocycles. The zero-order valence-corrected chi connectivity index (χ0v) is 17.8. The van der Waals surface area contributed by atoms with Crippen molar-refractivity contribution in [2.75, 3.05) is 27.2 Å². The first-order valence-corrected chi connectivity index (χ1v) is 12.0. The maximum Gasteiger partial charge on any atom is 0.348 e. The van der Waals surface area contributed by atoms with Crippen LogP contribution in [0.15, 0.2) is 41.4 Å². The molecule has 8 heteroatoms. The number of methoxy groups -OCH3 is 1. The Hall–Kier alpha value is -1.53. The smallest absolute Gasteiger partial charge is 0.348 e. The Labute approximate surface area is 163 Å². The summed E-state index contributed by atoms with van der Waals surface area (Å²) in [6.07, 6.45) is -2.28. The number of ether oxygens (including phenoxy) is 1. The van der Waals surface area contributed by atoms with E-state index in [0.29, 0.717) is 4.88 Å². The van der Waals surface area contributed by atoms with Crippen molar-refractivity contribution in [1.82, 2.24) is 9.34 Å². The van der Waals surface area contributed by atoms with Gasteiger partial charge in [-0.15, -0.1) is 11.3 Å². The number of benzene rings is 1. The lowest BCUT2D eigenvalue weighted by Gasteiger charge is -2.43. The Morgan fingerprint density at radius 3 is 2.54 bits per heavy atom. The van der Waals surface area contributed by atoms with Crippen molar-refractivity contribution < 1.29 is 9.53 Å². The normalized spacial score (nSPS) is 19.3. The molecular weight excluding hydrogens is 385 g/mol. The van der Waals surface area contributed by atoms with Gasteiger partial charge in [0.1, 0.15) is 22.1 Å². The largest absolute Gasteiger partial charge is 0.465 e. The highest BCUT2D eigenvalue weighted by Gasteiger charge is 2.40. The van der Waals surface area contributed by atoms with E-state index in [1.54, 1.807) is 0 Å². The molecule has 3 rings (SSSR count). The van der Waals surface area contributed by atoms with Gasteiger partial charge in [0.05, 0.1) is 12.4 Å². The molecule has 1 aromatic heterocycles. The van der Waals surface area contributed by atoms with Crippen LogP contribution in [-0.2, 0) is 16.5 Å². The highest BCUT2D eigenvalue weighted by Crippen LogP contribution is 2.57. The summed E-state index contributed by atoms with van der Waals surface area (Å²) in [7, 11) is 3.41. The molecule has 1 aliphatic rings. The lowest BCUT2D eigenvalue weighted by Crippen LogP contribution is -2.40. The van der Waals surface area contributed by atoms with Gasteiger partial charge in [-0.2, -0.15) is 0 Å². The number of hydrogen-bond acceptors (Lipinski definition) is 5. The molecule has 0 fully saturated rings. The molecule has 0 radical (unpaired) electrons. The van der Waals surface area contributed by atoms with Gasteiger partial charge < -0.3 is 9.41 Å². The van der Waals surface area contributed by atoms with Crippen molar-refractivity contribution >= 4 is 51.6 Å². The zero-order chi connectivity index (χ0) is 18.9. The maximum atomic E-state index is 12.1. The minimum atomic E-state index is -2.28. The average Bonchev–Trinajstić information content (AvgIpc) is 3.11. The van der Waals surface area contributed by atoms with E-state index in [4.69, 9.17) is 21.5 Å². The predicted molar refractivity (Wildman–Crippen MR) is 113 cm³/mol. The number of thiophene rings is 1. The van der Waals surface area contributed by atoms with Gasteiger partial charge in [0, 0.05) is 25.7 Å². The lowest BCUT2D eigenvalue weighted by molar-refractivity contribution is 0.0606. The highest BCUT2D eigenvalue weighted by molar-refractivity contribution is 8.16. The molecule has 138 valence electrons. The molecule has 0 spiro atoms. The second kappa shape index (κ2) is 7.61. The Balaban J connectivity index is 2.24. The molecule has 1 aromatic carbocycles. The molecule has 0 N–H and O–H groups in total. The summed E-state index contributed by atoms with van der Waals surface area (Å²) in [5.74, 6) is 0.510. The third-order valence-electron chi connectivity index (χ3n) is 4.46. The van der Waals surface area contributed by atoms with E-state index < -0.39 is 6.34 Å². The van der Waals surface area contributed by atoms with E-state index in [1.165, 1.54) is 18.4 Å². The van der Waals surface area contributed by atoms with Gasteiger partial charge in [0.25, 0.3) is 0 Å². The van der Waals surface area contributed by atoms with Crippen molar-refractivity contribution in [3.8, 4) is 0 Å². The van der Waals surface area contributed by atoms with Gasteiger partial charge in [-0.1, -0.05) is 56.0 Å². The van der Waals surface area contributed by atoms with Gasteiger partial charge in [-0.25, -0.2) is 9.79 Å². The van der Waals surface area contributed by atoms with Crippen LogP contribution in [0.2, 0.25) is 0 Å². The van der Waals surface area contributed by atoms with Crippen LogP contribution in [0.5, 0.6) is 0 Å². The first-order chi connectivity index (χ1) is 12.5. The third kappa shape index (κ3) is 3.03. The quantitative estimate of drug-likeness (QED) is 0.557. The molecule has 0 saturated heterocycles. The van der Waals surface area contributed by atoms with Gasteiger partial charge in [0.15, 0.2) is 0 Å². The fourth-order valence-electron chi connectivity index (χ4n) is 3.11. The summed E-state index contributed by atoms with van der Waals surface area (Å²) in [5, 5.41) is 1.79. The molecule has 2 aromatic rings. The Kier molecular flexibility index (Phi) is 5.63. The van der Waals surface area contributed by atoms with E-state index in [2.05, 4.69) is 23.2 Å². The van der Waals surface area contributed by atoms with Crippen molar-refractivity contribution in [2.24, 2.45) is 4.99 Å². The van der Waals surface area contributed by atoms with Gasteiger partial charge >= 0.3 is 5.97 Å². The molecule has 0 amide bonds. The summed E-state index contributed by atoms with van der Waals surface area (Å²) in [6.45, 7) is 5.91. The zero-order valence-electron chi connectivity index (χ0n) is 15.3. The molecule has 5 nitrogen and oxygen atoms in total. The highest BCUT2D eigenvalue weighted by atomic mass is 32.4. The van der Waals surface area contributed by atoms with Crippen LogP contribution in [0.1, 0.15) is 29.1 Å². The molecule has 0 bridgehead atoms. The number of aliphatic imine (C=N–C) groups is 1. The summed E-state index contributed by atoms with van der Waals surface area (Å²) < 4.78 is 9.36. The fraction of sp³-hybridized carbons (Fsp3) is 0.333. The minimum absolute atomic E-state index is 0.343. The first kappa shape index (κ1) is 19.2. The monoisotopic (exact) mass is 407 g/mol. The Bertz CT molecular complexity index is 891. The lowest BCUT2D eigenvalue weighted by atomic mass is 10.2. The number of fused-ring (bicyclic) bond motifs is 1. The van der Waals surface area contributed by atoms with E-state index in [9.17, 15) is 4.79 Å². The SMILES string of the molecule is CCN(CC)P1(=S)c2cc(C(=O)OC)sc2N=C(c2ccccc2)N1C. The first-order valence-electron chi connectivity index (χ1n) is 8.43. The second-order valence-electron chi connectivity index (χ2n) is 5.80. The van der Waals surface area contributed by atoms with Crippen molar-refractivity contribution in [2.45, 2.75) is 13.8 Å². The van der Waals surface area contributed by atoms with Crippen LogP contribution >= 0.6 is 17.7 Å². The number of carbonyl (C=O) groups is 1. The topological polar surface area (TPSA) is 45.1 Å². The summed E-state index contributed by atoms with van der Waals surface area (Å²) in [5.41, 5.74) is 1.02. The van der Waals surface area contributed by atoms with Crippen molar-refractivity contribution in [3.05, 3.63) is 46.8 Å². The summed E-state index contributed by atoms with van der Waals surface area (Å²) in [6, 6.07) is 11.9. The van der Waals surface area contributed by atoms with Crippen LogP contribution in [-0.4, -0.2) is 48.4 Å². The van der Waals surface area contributed by atoms with Crippen LogP contribution in [0, 0.1) is 0 Å². The number of amidine groups is 1. The van der Waals surface area contributed by atoms with Crippen molar-refractivity contribution in [1.29, 1.82) is 0 Å². The summed E-state index contributed by atoms with van der Waals surface area (Å²) >= 11 is 7.66. The Morgan fingerprint density at radius 2 is 1.96 bits per heavy atom. The molecule has 1 atom stereocenters. The Morgan fingerprint density at radius 1 is 1.31 bits per heavy atom. The molecular formula is C18H22N3O2PS2. The molecule has 0 saturated carbocycles. The fourth-order valence-corrected chi connectivity index (χ4v) is 8.86. The molecule has 2 heterocycles. The van der Waals surface area contributed by atoms with E-state index >= 15 is 0 Å². The maximum absolute atomic E-state index is 12.1. The van der Waals surface area contributed by atoms with Crippen molar-refractivity contribution in [3.63, 3.8) is 0 Å². The number of nitrogens with zero attached hydrogens (tertiary/aromatic N) is 3. The number of carbonyl (C=O) groups excluding carboxylic acids is 1. The third-order valence-corrected chi connectivity index (χ3v) is 10.9. The van der Waals surface area contributed by atoms with Crippen LogP contribution < -0.4 is 5.30 Å². The average molecular weight is 408 g/mol. The van der Waals surface area contributed by atoms with E-state index in [1.807, 2.05) is 43.4 Å².